The quantitative estimate of drug-likeness (QED) is 0.119. The Bertz CT molecular complexity index is 123. The second kappa shape index (κ2) is 8.25. The van der Waals surface area contributed by atoms with Gasteiger partial charge < -0.3 is 0 Å². The van der Waals surface area contributed by atoms with Gasteiger partial charge in [-0.2, -0.15) is 5.53 Å². The van der Waals surface area contributed by atoms with Gasteiger partial charge in [-0.15, -0.1) is 0 Å². The Hall–Kier alpha value is -0.850. The number of nitrogens with two attached hydrogens (primary N) is 1. The predicted molar refractivity (Wildman–Crippen MR) is 49.9 cm³/mol. The second-order valence-corrected chi connectivity index (χ2v) is 2.23. The number of rotatable bonds is 5. The maximum absolute atomic E-state index is 5.18. The van der Waals surface area contributed by atoms with E-state index in [9.17, 15) is 0 Å². The van der Waals surface area contributed by atoms with Crippen LogP contribution in [-0.4, -0.2) is 19.6 Å². The highest BCUT2D eigenvalue weighted by atomic mass is 15.6. The summed E-state index contributed by atoms with van der Waals surface area (Å²) in [4.78, 5) is 4.14. The lowest BCUT2D eigenvalue weighted by Gasteiger charge is -2.08. The molecule has 0 fully saturated rings. The van der Waals surface area contributed by atoms with Crippen LogP contribution in [0.4, 0.5) is 0 Å². The molecule has 0 saturated heterocycles. The lowest BCUT2D eigenvalue weighted by molar-refractivity contribution is 0.549. The van der Waals surface area contributed by atoms with E-state index in [4.69, 9.17) is 5.84 Å². The topological polar surface area (TPSA) is 86.5 Å². The van der Waals surface area contributed by atoms with E-state index in [2.05, 4.69) is 33.7 Å². The van der Waals surface area contributed by atoms with Crippen LogP contribution in [-0.2, 0) is 0 Å². The molecule has 0 radical (unpaired) electrons. The Kier molecular flexibility index (Phi) is 7.66. The monoisotopic (exact) mass is 174 g/mol. The van der Waals surface area contributed by atoms with Gasteiger partial charge in [0.05, 0.1) is 0 Å². The molecule has 0 aliphatic heterocycles. The molecule has 0 rings (SSSR count). The van der Waals surface area contributed by atoms with Gasteiger partial charge >= 0.3 is 0 Å². The first-order valence-corrected chi connectivity index (χ1v) is 4.04. The van der Waals surface area contributed by atoms with Crippen molar-refractivity contribution in [3.63, 3.8) is 0 Å². The van der Waals surface area contributed by atoms with Gasteiger partial charge in [-0.3, -0.25) is 15.8 Å². The van der Waals surface area contributed by atoms with E-state index in [0.717, 1.165) is 19.4 Å². The van der Waals surface area contributed by atoms with Crippen LogP contribution in [0.15, 0.2) is 4.99 Å². The SMILES string of the molecule is CCCCN=C(NN)NNNC. The van der Waals surface area contributed by atoms with E-state index in [-0.39, 0.29) is 0 Å². The van der Waals surface area contributed by atoms with Gasteiger partial charge in [0.15, 0.2) is 0 Å². The molecule has 12 heavy (non-hydrogen) atoms. The standard InChI is InChI=1S/C6H18N6/c1-3-4-5-9-6(10-7)11-12-8-2/h8,12H,3-5,7H2,1-2H3,(H2,9,10,11). The summed E-state index contributed by atoms with van der Waals surface area (Å²) in [5.74, 6) is 5.71. The molecule has 0 aliphatic carbocycles. The summed E-state index contributed by atoms with van der Waals surface area (Å²) in [7, 11) is 1.74. The molecule has 6 N–H and O–H groups in total. The highest BCUT2D eigenvalue weighted by Crippen LogP contribution is 1.85. The third-order valence-corrected chi connectivity index (χ3v) is 1.22. The van der Waals surface area contributed by atoms with Gasteiger partial charge in [0.1, 0.15) is 0 Å². The second-order valence-electron chi connectivity index (χ2n) is 2.23. The molecular formula is C6H18N6. The maximum Gasteiger partial charge on any atom is 0.221 e. The van der Waals surface area contributed by atoms with Gasteiger partial charge in [0, 0.05) is 13.6 Å². The summed E-state index contributed by atoms with van der Waals surface area (Å²) in [6.45, 7) is 2.89. The smallest absolute Gasteiger partial charge is 0.221 e. The number of nitrogens with zero attached hydrogens (tertiary/aromatic N) is 1. The first-order chi connectivity index (χ1) is 5.85. The van der Waals surface area contributed by atoms with E-state index >= 15 is 0 Å². The van der Waals surface area contributed by atoms with Crippen molar-refractivity contribution in [2.45, 2.75) is 19.8 Å². The summed E-state index contributed by atoms with van der Waals surface area (Å²) in [6.07, 6.45) is 2.19. The number of nitrogens with one attached hydrogen (secondary N) is 4. The zero-order chi connectivity index (χ0) is 9.23. The summed E-state index contributed by atoms with van der Waals surface area (Å²) >= 11 is 0. The Morgan fingerprint density at radius 3 is 2.75 bits per heavy atom. The maximum atomic E-state index is 5.18. The third kappa shape index (κ3) is 5.90. The van der Waals surface area contributed by atoms with Crippen LogP contribution in [0.25, 0.3) is 0 Å². The van der Waals surface area contributed by atoms with Crippen molar-refractivity contribution in [2.75, 3.05) is 13.6 Å². The average molecular weight is 174 g/mol. The van der Waals surface area contributed by atoms with Crippen LogP contribution < -0.4 is 27.7 Å². The zero-order valence-electron chi connectivity index (χ0n) is 7.65. The number of hydrazine groups is 3. The molecule has 6 heteroatoms. The molecule has 0 aromatic carbocycles. The van der Waals surface area contributed by atoms with Crippen LogP contribution in [0.5, 0.6) is 0 Å². The van der Waals surface area contributed by atoms with E-state index in [0.29, 0.717) is 5.96 Å². The molecule has 0 aliphatic rings. The van der Waals surface area contributed by atoms with Crippen molar-refractivity contribution < 1.29 is 0 Å². The number of guanidine groups is 1. The predicted octanol–water partition coefficient (Wildman–Crippen LogP) is -1.17. The van der Waals surface area contributed by atoms with Crippen LogP contribution >= 0.6 is 0 Å². The highest BCUT2D eigenvalue weighted by molar-refractivity contribution is 5.78. The van der Waals surface area contributed by atoms with Crippen LogP contribution in [0.3, 0.4) is 0 Å². The van der Waals surface area contributed by atoms with Crippen molar-refractivity contribution in [3.8, 4) is 0 Å². The van der Waals surface area contributed by atoms with Crippen molar-refractivity contribution >= 4 is 5.96 Å². The summed E-state index contributed by atoms with van der Waals surface area (Å²) < 4.78 is 0. The fraction of sp³-hybridized carbons (Fsp3) is 0.833. The van der Waals surface area contributed by atoms with E-state index < -0.39 is 0 Å². The molecule has 0 atom stereocenters. The lowest BCUT2D eigenvalue weighted by Crippen LogP contribution is -2.52. The molecule has 6 nitrogen and oxygen atoms in total. The Labute approximate surface area is 72.9 Å². The minimum absolute atomic E-state index is 0.526. The molecule has 0 heterocycles. The molecule has 0 aromatic rings. The molecule has 0 unspecified atom stereocenters. The van der Waals surface area contributed by atoms with Crippen molar-refractivity contribution in [2.24, 2.45) is 10.8 Å². The molecule has 0 aromatic heterocycles. The van der Waals surface area contributed by atoms with Crippen molar-refractivity contribution in [1.82, 2.24) is 21.8 Å². The van der Waals surface area contributed by atoms with E-state index in [1.165, 1.54) is 0 Å². The Morgan fingerprint density at radius 1 is 1.50 bits per heavy atom. The normalized spacial score (nSPS) is 11.4. The number of unbranched alkanes of at least 4 members (excludes halogenated alkanes) is 1. The number of hydrogen-bond donors (Lipinski definition) is 5. The third-order valence-electron chi connectivity index (χ3n) is 1.22. The molecular weight excluding hydrogens is 156 g/mol. The first kappa shape index (κ1) is 11.2. The fourth-order valence-electron chi connectivity index (χ4n) is 0.592. The van der Waals surface area contributed by atoms with E-state index in [1.807, 2.05) is 0 Å². The minimum atomic E-state index is 0.526. The summed E-state index contributed by atoms with van der Waals surface area (Å²) in [5.41, 5.74) is 10.5. The first-order valence-electron chi connectivity index (χ1n) is 4.04. The van der Waals surface area contributed by atoms with Gasteiger partial charge in [-0.1, -0.05) is 13.3 Å². The molecule has 0 spiro atoms. The van der Waals surface area contributed by atoms with Crippen molar-refractivity contribution in [1.29, 1.82) is 0 Å². The summed E-state index contributed by atoms with van der Waals surface area (Å²) in [6, 6.07) is 0. The summed E-state index contributed by atoms with van der Waals surface area (Å²) in [5, 5.41) is 0. The largest absolute Gasteiger partial charge is 0.293 e. The Balaban J connectivity index is 3.55. The van der Waals surface area contributed by atoms with Gasteiger partial charge in [0.25, 0.3) is 0 Å². The average Bonchev–Trinajstić information content (AvgIpc) is 2.11. The highest BCUT2D eigenvalue weighted by Gasteiger charge is 1.90. The van der Waals surface area contributed by atoms with Gasteiger partial charge in [-0.05, 0) is 6.42 Å². The minimum Gasteiger partial charge on any atom is -0.293 e. The van der Waals surface area contributed by atoms with Crippen LogP contribution in [0.1, 0.15) is 19.8 Å². The van der Waals surface area contributed by atoms with Gasteiger partial charge in [0.2, 0.25) is 5.96 Å². The van der Waals surface area contributed by atoms with Crippen LogP contribution in [0, 0.1) is 0 Å². The van der Waals surface area contributed by atoms with Crippen LogP contribution in [0.2, 0.25) is 0 Å². The number of hydrogen-bond acceptors (Lipinski definition) is 4. The fourth-order valence-corrected chi connectivity index (χ4v) is 0.592. The molecule has 0 amide bonds. The molecule has 0 bridgehead atoms. The van der Waals surface area contributed by atoms with E-state index in [1.54, 1.807) is 7.05 Å². The molecule has 0 saturated carbocycles. The zero-order valence-corrected chi connectivity index (χ0v) is 7.65. The lowest BCUT2D eigenvalue weighted by atomic mass is 10.3. The number of aliphatic imine (C=N–C) groups is 1. The van der Waals surface area contributed by atoms with Gasteiger partial charge in [-0.25, -0.2) is 11.3 Å². The molecule has 72 valence electrons. The van der Waals surface area contributed by atoms with Crippen molar-refractivity contribution in [3.05, 3.63) is 0 Å². The Morgan fingerprint density at radius 2 is 2.25 bits per heavy atom.